The molecule has 0 saturated carbocycles. The first-order chi connectivity index (χ1) is 24.3. The van der Waals surface area contributed by atoms with Gasteiger partial charge in [-0.3, -0.25) is 0 Å². The molecule has 0 nitrogen and oxygen atoms in total. The SMILES string of the molecule is [Cu].c1ccc([Si](c2ccccc2)c2ccccc2-c2ccccc2[SiH]c2cccc3cccc([PH+](c4ccccc4)c4ccccc4)c23)cc1. The van der Waals surface area contributed by atoms with Crippen LogP contribution in [0.25, 0.3) is 21.9 Å². The van der Waals surface area contributed by atoms with Crippen molar-refractivity contribution in [2.75, 3.05) is 0 Å². The van der Waals surface area contributed by atoms with Crippen LogP contribution in [-0.2, 0) is 17.1 Å². The van der Waals surface area contributed by atoms with Gasteiger partial charge in [0.05, 0.1) is 7.92 Å². The summed E-state index contributed by atoms with van der Waals surface area (Å²) in [5.41, 5.74) is 2.71. The fourth-order valence-corrected chi connectivity index (χ4v) is 14.4. The van der Waals surface area contributed by atoms with Gasteiger partial charge in [-0.15, -0.1) is 0 Å². The van der Waals surface area contributed by atoms with E-state index in [9.17, 15) is 0 Å². The molecule has 0 aliphatic rings. The monoisotopic (exact) mass is 738 g/mol. The molecular formula is C46H36CuPSi2+. The Labute approximate surface area is 311 Å². The average molecular weight is 739 g/mol. The molecule has 8 aromatic carbocycles. The molecule has 0 heterocycles. The third-order valence-electron chi connectivity index (χ3n) is 9.21. The normalized spacial score (nSPS) is 11.1. The van der Waals surface area contributed by atoms with Crippen molar-refractivity contribution in [3.63, 3.8) is 0 Å². The predicted octanol–water partition coefficient (Wildman–Crippen LogP) is 5.90. The maximum atomic E-state index is 2.40. The minimum atomic E-state index is -1.24. The summed E-state index contributed by atoms with van der Waals surface area (Å²) in [4.78, 5) is 0. The first-order valence-corrected chi connectivity index (χ1v) is 21.0. The molecule has 0 aliphatic heterocycles. The smallest absolute Gasteiger partial charge is 0.0626 e. The fourth-order valence-electron chi connectivity index (χ4n) is 7.04. The van der Waals surface area contributed by atoms with Crippen LogP contribution in [0.15, 0.2) is 206 Å². The standard InChI is InChI=1S/C46H35PSi2.Cu/c1-5-21-36(22-6-1)47(37-23-7-2-8-24-37)42-31-17-19-35-20-18-33-44(46(35)42)48-43-32-15-13-29-40(43)41-30-14-16-34-45(41)49(38-25-9-3-10-26-38)39-27-11-4-12-28-39;/h1-34,48H;/p+1. The average Bonchev–Trinajstić information content (AvgIpc) is 3.17. The van der Waals surface area contributed by atoms with Gasteiger partial charge in [0.2, 0.25) is 0 Å². The molecule has 0 fully saturated rings. The molecule has 0 aliphatic carbocycles. The Balaban J connectivity index is 0.00000392. The second-order valence-corrected chi connectivity index (χ2v) is 18.7. The Morgan fingerprint density at radius 1 is 0.380 bits per heavy atom. The molecule has 0 spiro atoms. The number of benzene rings is 8. The molecule has 0 aromatic heterocycles. The molecule has 4 heteroatoms. The van der Waals surface area contributed by atoms with Crippen molar-refractivity contribution >= 4 is 78.9 Å². The number of fused-ring (bicyclic) bond motifs is 1. The minimum Gasteiger partial charge on any atom is -0.0626 e. The van der Waals surface area contributed by atoms with E-state index in [-0.39, 0.29) is 26.6 Å². The third-order valence-corrected chi connectivity index (χ3v) is 16.4. The van der Waals surface area contributed by atoms with E-state index in [1.165, 1.54) is 63.7 Å². The molecule has 0 saturated heterocycles. The van der Waals surface area contributed by atoms with Gasteiger partial charge in [0.1, 0.15) is 25.4 Å². The van der Waals surface area contributed by atoms with Gasteiger partial charge in [-0.05, 0) is 57.2 Å². The van der Waals surface area contributed by atoms with Crippen molar-refractivity contribution in [2.45, 2.75) is 0 Å². The Hall–Kier alpha value is -4.60. The molecular weight excluding hydrogens is 703 g/mol. The zero-order valence-electron chi connectivity index (χ0n) is 27.5. The molecule has 8 rings (SSSR count). The minimum absolute atomic E-state index is 0. The van der Waals surface area contributed by atoms with Gasteiger partial charge in [-0.2, -0.15) is 0 Å². The molecule has 0 atom stereocenters. The Bertz CT molecular complexity index is 2230. The van der Waals surface area contributed by atoms with Crippen LogP contribution in [0.4, 0.5) is 0 Å². The quantitative estimate of drug-likeness (QED) is 0.0985. The van der Waals surface area contributed by atoms with Crippen LogP contribution in [0.5, 0.6) is 0 Å². The van der Waals surface area contributed by atoms with E-state index < -0.39 is 16.7 Å². The fraction of sp³-hybridized carbons (Fsp3) is 0. The van der Waals surface area contributed by atoms with E-state index in [1.807, 2.05) is 0 Å². The van der Waals surface area contributed by atoms with Crippen molar-refractivity contribution < 1.29 is 17.1 Å². The molecule has 50 heavy (non-hydrogen) atoms. The molecule has 3 radical (unpaired) electrons. The summed E-state index contributed by atoms with van der Waals surface area (Å²) >= 11 is 0. The van der Waals surface area contributed by atoms with Crippen LogP contribution in [0.1, 0.15) is 0 Å². The molecule has 243 valence electrons. The van der Waals surface area contributed by atoms with E-state index >= 15 is 0 Å². The maximum Gasteiger partial charge on any atom is 0.155 e. The van der Waals surface area contributed by atoms with E-state index in [0.717, 1.165) is 0 Å². The largest absolute Gasteiger partial charge is 0.155 e. The summed E-state index contributed by atoms with van der Waals surface area (Å²) in [6.45, 7) is 0. The van der Waals surface area contributed by atoms with Crippen LogP contribution in [0, 0.1) is 0 Å². The summed E-state index contributed by atoms with van der Waals surface area (Å²) in [7, 11) is -2.67. The van der Waals surface area contributed by atoms with Gasteiger partial charge in [-0.25, -0.2) is 0 Å². The van der Waals surface area contributed by atoms with Crippen molar-refractivity contribution in [1.82, 2.24) is 0 Å². The third kappa shape index (κ3) is 7.02. The molecule has 0 amide bonds. The maximum absolute atomic E-state index is 2.40. The van der Waals surface area contributed by atoms with E-state index in [0.29, 0.717) is 0 Å². The first kappa shape index (κ1) is 33.9. The summed E-state index contributed by atoms with van der Waals surface area (Å²) in [6, 6.07) is 76.8. The summed E-state index contributed by atoms with van der Waals surface area (Å²) in [5.74, 6) is 0. The molecule has 0 N–H and O–H groups in total. The van der Waals surface area contributed by atoms with Gasteiger partial charge in [-0.1, -0.05) is 191 Å². The predicted molar refractivity (Wildman–Crippen MR) is 220 cm³/mol. The zero-order valence-corrected chi connectivity index (χ0v) is 31.6. The van der Waals surface area contributed by atoms with Gasteiger partial charge in [0.25, 0.3) is 0 Å². The van der Waals surface area contributed by atoms with Gasteiger partial charge < -0.3 is 0 Å². The zero-order chi connectivity index (χ0) is 32.8. The van der Waals surface area contributed by atoms with Crippen LogP contribution < -0.4 is 41.8 Å². The molecule has 0 unspecified atom stereocenters. The molecule has 0 bridgehead atoms. The van der Waals surface area contributed by atoms with Crippen molar-refractivity contribution in [1.29, 1.82) is 0 Å². The second kappa shape index (κ2) is 16.0. The van der Waals surface area contributed by atoms with Gasteiger partial charge in [0, 0.05) is 22.5 Å². The molecule has 8 aromatic rings. The van der Waals surface area contributed by atoms with Crippen molar-refractivity contribution in [2.24, 2.45) is 0 Å². The van der Waals surface area contributed by atoms with Crippen molar-refractivity contribution in [3.8, 4) is 11.1 Å². The summed E-state index contributed by atoms with van der Waals surface area (Å²) in [5, 5.41) is 14.2. The van der Waals surface area contributed by atoms with Gasteiger partial charge >= 0.3 is 0 Å². The van der Waals surface area contributed by atoms with Crippen LogP contribution in [-0.4, -0.2) is 18.3 Å². The van der Waals surface area contributed by atoms with E-state index in [4.69, 9.17) is 0 Å². The summed E-state index contributed by atoms with van der Waals surface area (Å²) < 4.78 is 0. The first-order valence-electron chi connectivity index (χ1n) is 16.9. The van der Waals surface area contributed by atoms with Crippen molar-refractivity contribution in [3.05, 3.63) is 206 Å². The Morgan fingerprint density at radius 3 is 1.44 bits per heavy atom. The Kier molecular flexibility index (Phi) is 10.8. The number of hydrogen-bond acceptors (Lipinski definition) is 0. The van der Waals surface area contributed by atoms with Crippen LogP contribution >= 0.6 is 7.92 Å². The Morgan fingerprint density at radius 2 is 0.840 bits per heavy atom. The number of hydrogen-bond donors (Lipinski definition) is 0. The topological polar surface area (TPSA) is 0 Å². The number of rotatable bonds is 9. The summed E-state index contributed by atoms with van der Waals surface area (Å²) in [6.07, 6.45) is 0. The second-order valence-electron chi connectivity index (χ2n) is 12.2. The van der Waals surface area contributed by atoms with E-state index in [2.05, 4.69) is 206 Å². The van der Waals surface area contributed by atoms with Gasteiger partial charge in [0.15, 0.2) is 8.80 Å². The van der Waals surface area contributed by atoms with Crippen LogP contribution in [0.2, 0.25) is 0 Å². The van der Waals surface area contributed by atoms with E-state index in [1.54, 1.807) is 0 Å². The van der Waals surface area contributed by atoms with Crippen LogP contribution in [0.3, 0.4) is 0 Å².